The van der Waals surface area contributed by atoms with Crippen molar-refractivity contribution in [2.75, 3.05) is 53.0 Å². The fourth-order valence-corrected chi connectivity index (χ4v) is 3.29. The highest BCUT2D eigenvalue weighted by atomic mass is 32.1. The van der Waals surface area contributed by atoms with Gasteiger partial charge in [0.05, 0.1) is 51.8 Å². The number of rotatable bonds is 10. The van der Waals surface area contributed by atoms with Crippen molar-refractivity contribution in [3.8, 4) is 5.69 Å². The zero-order chi connectivity index (χ0) is 23.6. The number of nitrogens with two attached hydrogens (primary N) is 1. The van der Waals surface area contributed by atoms with Crippen LogP contribution in [0.4, 0.5) is 10.1 Å². The zero-order valence-corrected chi connectivity index (χ0v) is 19.2. The summed E-state index contributed by atoms with van der Waals surface area (Å²) < 4.78 is 26.1. The SMILES string of the molecule is COC(=S)NCc1cn(-c2ccc([NH2+]CCNC(=O)C(O)CN3CCOCC3)c(F)c2)nn1. The highest BCUT2D eigenvalue weighted by Gasteiger charge is 2.20. The number of quaternary nitrogens is 1. The van der Waals surface area contributed by atoms with E-state index in [4.69, 9.17) is 21.7 Å². The summed E-state index contributed by atoms with van der Waals surface area (Å²) in [6.45, 7) is 3.93. The Morgan fingerprint density at radius 1 is 1.39 bits per heavy atom. The van der Waals surface area contributed by atoms with Crippen molar-refractivity contribution in [1.29, 1.82) is 0 Å². The van der Waals surface area contributed by atoms with Gasteiger partial charge < -0.3 is 30.5 Å². The molecule has 0 bridgehead atoms. The number of nitrogens with zero attached hydrogens (tertiary/aromatic N) is 4. The molecule has 180 valence electrons. The summed E-state index contributed by atoms with van der Waals surface area (Å²) in [6, 6.07) is 4.73. The molecule has 0 saturated carbocycles. The van der Waals surface area contributed by atoms with E-state index < -0.39 is 17.8 Å². The van der Waals surface area contributed by atoms with Crippen LogP contribution in [-0.4, -0.2) is 95.2 Å². The Labute approximate surface area is 196 Å². The topological polar surface area (TPSA) is 130 Å². The molecule has 1 fully saturated rings. The Hall–Kier alpha value is -2.71. The molecule has 1 unspecified atom stereocenters. The largest absolute Gasteiger partial charge is 0.474 e. The highest BCUT2D eigenvalue weighted by Crippen LogP contribution is 2.14. The van der Waals surface area contributed by atoms with Gasteiger partial charge in [0.2, 0.25) is 5.91 Å². The number of halogens is 1. The second kappa shape index (κ2) is 12.5. The maximum absolute atomic E-state index is 14.5. The summed E-state index contributed by atoms with van der Waals surface area (Å²) in [5, 5.41) is 25.5. The number of methoxy groups -OCH3 is 1. The van der Waals surface area contributed by atoms with Crippen molar-refractivity contribution in [3.05, 3.63) is 35.9 Å². The van der Waals surface area contributed by atoms with Gasteiger partial charge in [0, 0.05) is 31.8 Å². The summed E-state index contributed by atoms with van der Waals surface area (Å²) in [7, 11) is 1.47. The van der Waals surface area contributed by atoms with Gasteiger partial charge in [0.15, 0.2) is 11.5 Å². The molecule has 1 atom stereocenters. The van der Waals surface area contributed by atoms with Crippen LogP contribution in [-0.2, 0) is 20.8 Å². The molecule has 1 aromatic heterocycles. The third kappa shape index (κ3) is 7.68. The van der Waals surface area contributed by atoms with Gasteiger partial charge in [0.25, 0.3) is 5.17 Å². The summed E-state index contributed by atoms with van der Waals surface area (Å²) in [4.78, 5) is 14.0. The monoisotopic (exact) mass is 482 g/mol. The van der Waals surface area contributed by atoms with E-state index in [0.29, 0.717) is 63.0 Å². The lowest BCUT2D eigenvalue weighted by Crippen LogP contribution is -2.80. The van der Waals surface area contributed by atoms with Crippen LogP contribution in [0.25, 0.3) is 5.69 Å². The van der Waals surface area contributed by atoms with Crippen molar-refractivity contribution < 1.29 is 29.1 Å². The van der Waals surface area contributed by atoms with Crippen LogP contribution in [0.15, 0.2) is 24.4 Å². The van der Waals surface area contributed by atoms with Crippen LogP contribution in [0.5, 0.6) is 0 Å². The van der Waals surface area contributed by atoms with E-state index in [2.05, 4.69) is 20.9 Å². The average molecular weight is 483 g/mol. The third-order valence-electron chi connectivity index (χ3n) is 5.03. The van der Waals surface area contributed by atoms with E-state index >= 15 is 0 Å². The van der Waals surface area contributed by atoms with Crippen LogP contribution in [0.1, 0.15) is 5.69 Å². The molecule has 11 nitrogen and oxygen atoms in total. The van der Waals surface area contributed by atoms with Crippen LogP contribution in [0.2, 0.25) is 0 Å². The Morgan fingerprint density at radius 3 is 2.91 bits per heavy atom. The van der Waals surface area contributed by atoms with E-state index in [1.54, 1.807) is 23.6 Å². The van der Waals surface area contributed by atoms with E-state index in [1.807, 2.05) is 4.90 Å². The van der Waals surface area contributed by atoms with E-state index in [0.717, 1.165) is 0 Å². The minimum atomic E-state index is -1.10. The molecule has 1 aliphatic heterocycles. The molecule has 1 saturated heterocycles. The molecule has 1 aliphatic rings. The maximum atomic E-state index is 14.5. The van der Waals surface area contributed by atoms with Crippen LogP contribution in [0.3, 0.4) is 0 Å². The number of carbonyl (C=O) groups is 1. The lowest BCUT2D eigenvalue weighted by atomic mass is 10.2. The minimum absolute atomic E-state index is 0.248. The van der Waals surface area contributed by atoms with Crippen molar-refractivity contribution in [2.24, 2.45) is 0 Å². The van der Waals surface area contributed by atoms with Crippen molar-refractivity contribution in [3.63, 3.8) is 0 Å². The first-order valence-corrected chi connectivity index (χ1v) is 11.0. The number of β-amino-alcohol motifs (C(OH)–C–C–N with tert-alkyl or cyclic N) is 1. The Morgan fingerprint density at radius 2 is 2.18 bits per heavy atom. The van der Waals surface area contributed by atoms with Gasteiger partial charge in [-0.05, 0) is 18.3 Å². The van der Waals surface area contributed by atoms with Gasteiger partial charge in [-0.15, -0.1) is 5.10 Å². The first-order valence-electron chi connectivity index (χ1n) is 10.6. The molecule has 1 aromatic carbocycles. The number of aliphatic hydroxyl groups excluding tert-OH is 1. The van der Waals surface area contributed by atoms with Gasteiger partial charge in [-0.1, -0.05) is 5.21 Å². The number of nitrogens with one attached hydrogen (secondary N) is 2. The molecule has 33 heavy (non-hydrogen) atoms. The van der Waals surface area contributed by atoms with E-state index in [9.17, 15) is 14.3 Å². The Balaban J connectivity index is 1.42. The molecule has 1 amide bonds. The van der Waals surface area contributed by atoms with Gasteiger partial charge in [-0.3, -0.25) is 9.69 Å². The molecule has 2 heterocycles. The number of ether oxygens (including phenoxy) is 2. The van der Waals surface area contributed by atoms with Crippen molar-refractivity contribution in [2.45, 2.75) is 12.6 Å². The Kier molecular flexibility index (Phi) is 9.45. The molecule has 5 N–H and O–H groups in total. The molecular formula is C20H29FN7O4S+. The molecule has 3 rings (SSSR count). The summed E-state index contributed by atoms with van der Waals surface area (Å²) in [5.74, 6) is -0.852. The molecule has 2 aromatic rings. The summed E-state index contributed by atoms with van der Waals surface area (Å²) in [5.41, 5.74) is 1.56. The van der Waals surface area contributed by atoms with Gasteiger partial charge in [0.1, 0.15) is 11.8 Å². The lowest BCUT2D eigenvalue weighted by Gasteiger charge is -2.28. The van der Waals surface area contributed by atoms with Crippen LogP contribution >= 0.6 is 12.2 Å². The standard InChI is InChI=1S/C20H28FN7O4S/c1-31-20(33)24-11-14-12-28(26-25-14)15-2-3-17(16(21)10-15)22-4-5-23-19(30)18(29)13-27-6-8-32-9-7-27/h2-3,10,12,18,22,29H,4-9,11,13H2,1H3,(H,23,30)(H,24,33)/p+1. The molecule has 0 radical (unpaired) electrons. The summed E-state index contributed by atoms with van der Waals surface area (Å²) >= 11 is 4.91. The quantitative estimate of drug-likeness (QED) is 0.180. The minimum Gasteiger partial charge on any atom is -0.474 e. The number of benzene rings is 1. The van der Waals surface area contributed by atoms with Gasteiger partial charge >= 0.3 is 0 Å². The fourth-order valence-electron chi connectivity index (χ4n) is 3.22. The average Bonchev–Trinajstić information content (AvgIpc) is 3.30. The molecular weight excluding hydrogens is 453 g/mol. The number of aromatic nitrogens is 3. The molecule has 13 heteroatoms. The van der Waals surface area contributed by atoms with Crippen molar-refractivity contribution in [1.82, 2.24) is 30.5 Å². The molecule has 0 spiro atoms. The number of thiocarbonyl (C=S) groups is 1. The summed E-state index contributed by atoms with van der Waals surface area (Å²) in [6.07, 6.45) is 0.563. The number of hydrogen-bond donors (Lipinski definition) is 4. The Bertz CT molecular complexity index is 939. The number of morpholine rings is 1. The van der Waals surface area contributed by atoms with E-state index in [1.165, 1.54) is 17.9 Å². The fraction of sp³-hybridized carbons (Fsp3) is 0.500. The van der Waals surface area contributed by atoms with Crippen LogP contribution in [0, 0.1) is 5.82 Å². The van der Waals surface area contributed by atoms with Gasteiger partial charge in [-0.2, -0.15) is 0 Å². The molecule has 0 aliphatic carbocycles. The first-order chi connectivity index (χ1) is 16.0. The number of carbonyl (C=O) groups excluding carboxylic acids is 1. The normalized spacial score (nSPS) is 15.1. The smallest absolute Gasteiger partial charge is 0.256 e. The number of hydrogen-bond acceptors (Lipinski definition) is 8. The third-order valence-corrected chi connectivity index (χ3v) is 5.34. The van der Waals surface area contributed by atoms with Crippen molar-refractivity contribution >= 4 is 29.0 Å². The predicted octanol–water partition coefficient (Wildman–Crippen LogP) is -1.57. The zero-order valence-electron chi connectivity index (χ0n) is 18.4. The van der Waals surface area contributed by atoms with Crippen LogP contribution < -0.4 is 16.0 Å². The second-order valence-electron chi connectivity index (χ2n) is 7.42. The second-order valence-corrected chi connectivity index (χ2v) is 7.79. The van der Waals surface area contributed by atoms with E-state index in [-0.39, 0.29) is 11.7 Å². The van der Waals surface area contributed by atoms with Gasteiger partial charge in [-0.25, -0.2) is 9.07 Å². The first kappa shape index (κ1) is 24.9. The number of amides is 1. The highest BCUT2D eigenvalue weighted by molar-refractivity contribution is 7.80. The predicted molar refractivity (Wildman–Crippen MR) is 120 cm³/mol. The maximum Gasteiger partial charge on any atom is 0.256 e. The lowest BCUT2D eigenvalue weighted by molar-refractivity contribution is -0.571. The number of aliphatic hydroxyl groups is 1.